The maximum absolute atomic E-state index is 3.49. The van der Waals surface area contributed by atoms with Crippen molar-refractivity contribution < 1.29 is 0 Å². The Kier molecular flexibility index (Phi) is 5.86. The van der Waals surface area contributed by atoms with Crippen LogP contribution < -0.4 is 5.32 Å². The van der Waals surface area contributed by atoms with E-state index in [1.807, 2.05) is 11.3 Å². The molecule has 2 nitrogen and oxygen atoms in total. The first-order valence-corrected chi connectivity index (χ1v) is 8.48. The molecule has 1 aromatic heterocycles. The van der Waals surface area contributed by atoms with Crippen molar-refractivity contribution in [3.63, 3.8) is 0 Å². The van der Waals surface area contributed by atoms with E-state index >= 15 is 0 Å². The Balaban J connectivity index is 1.81. The third kappa shape index (κ3) is 4.90. The molecule has 2 rings (SSSR count). The largest absolute Gasteiger partial charge is 0.310 e. The SMILES string of the molecule is CC(C)NCc1ccc(CN(C)C2CCCCC2)s1. The second-order valence-electron chi connectivity index (χ2n) is 6.11. The van der Waals surface area contributed by atoms with Crippen LogP contribution in [0.15, 0.2) is 12.1 Å². The maximum Gasteiger partial charge on any atom is 0.0327 e. The molecule has 1 aliphatic carbocycles. The van der Waals surface area contributed by atoms with Crippen molar-refractivity contribution >= 4 is 11.3 Å². The Hall–Kier alpha value is -0.380. The van der Waals surface area contributed by atoms with Crippen LogP contribution in [0.5, 0.6) is 0 Å². The van der Waals surface area contributed by atoms with Crippen molar-refractivity contribution in [1.82, 2.24) is 10.2 Å². The standard InChI is InChI=1S/C16H28N2S/c1-13(2)17-11-15-9-10-16(19-15)12-18(3)14-7-5-4-6-8-14/h9-10,13-14,17H,4-8,11-12H2,1-3H3. The van der Waals surface area contributed by atoms with Gasteiger partial charge in [0.2, 0.25) is 0 Å². The molecule has 0 saturated heterocycles. The molecule has 0 bridgehead atoms. The zero-order chi connectivity index (χ0) is 13.7. The van der Waals surface area contributed by atoms with E-state index in [0.29, 0.717) is 6.04 Å². The van der Waals surface area contributed by atoms with E-state index in [4.69, 9.17) is 0 Å². The van der Waals surface area contributed by atoms with Gasteiger partial charge < -0.3 is 5.32 Å². The van der Waals surface area contributed by atoms with E-state index in [1.54, 1.807) is 0 Å². The molecule has 0 spiro atoms. The zero-order valence-corrected chi connectivity index (χ0v) is 13.4. The van der Waals surface area contributed by atoms with Crippen LogP contribution in [0.25, 0.3) is 0 Å². The molecule has 0 amide bonds. The summed E-state index contributed by atoms with van der Waals surface area (Å²) in [5, 5.41) is 3.49. The van der Waals surface area contributed by atoms with Crippen LogP contribution in [-0.2, 0) is 13.1 Å². The molecule has 1 fully saturated rings. The second kappa shape index (κ2) is 7.41. The minimum atomic E-state index is 0.565. The lowest BCUT2D eigenvalue weighted by Crippen LogP contribution is -2.32. The zero-order valence-electron chi connectivity index (χ0n) is 12.6. The topological polar surface area (TPSA) is 15.3 Å². The molecule has 1 saturated carbocycles. The Morgan fingerprint density at radius 2 is 1.89 bits per heavy atom. The van der Waals surface area contributed by atoms with Crippen LogP contribution in [0.3, 0.4) is 0 Å². The minimum absolute atomic E-state index is 0.565. The number of thiophene rings is 1. The highest BCUT2D eigenvalue weighted by molar-refractivity contribution is 7.11. The summed E-state index contributed by atoms with van der Waals surface area (Å²) in [7, 11) is 2.29. The summed E-state index contributed by atoms with van der Waals surface area (Å²) in [6.45, 7) is 6.53. The molecule has 1 N–H and O–H groups in total. The molecule has 3 heteroatoms. The first-order chi connectivity index (χ1) is 9.15. The van der Waals surface area contributed by atoms with Crippen molar-refractivity contribution in [2.24, 2.45) is 0 Å². The van der Waals surface area contributed by atoms with E-state index in [0.717, 1.165) is 19.1 Å². The van der Waals surface area contributed by atoms with E-state index in [9.17, 15) is 0 Å². The van der Waals surface area contributed by atoms with E-state index in [-0.39, 0.29) is 0 Å². The smallest absolute Gasteiger partial charge is 0.0327 e. The van der Waals surface area contributed by atoms with Gasteiger partial charge in [0.25, 0.3) is 0 Å². The molecule has 0 aliphatic heterocycles. The summed E-state index contributed by atoms with van der Waals surface area (Å²) < 4.78 is 0. The summed E-state index contributed by atoms with van der Waals surface area (Å²) in [5.41, 5.74) is 0. The van der Waals surface area contributed by atoms with Crippen LogP contribution >= 0.6 is 11.3 Å². The maximum atomic E-state index is 3.49. The fourth-order valence-electron chi connectivity index (χ4n) is 2.80. The van der Waals surface area contributed by atoms with Crippen LogP contribution in [0.2, 0.25) is 0 Å². The molecular weight excluding hydrogens is 252 g/mol. The van der Waals surface area contributed by atoms with Crippen molar-refractivity contribution in [3.05, 3.63) is 21.9 Å². The average molecular weight is 280 g/mol. The quantitative estimate of drug-likeness (QED) is 0.847. The van der Waals surface area contributed by atoms with Gasteiger partial charge in [0.05, 0.1) is 0 Å². The summed E-state index contributed by atoms with van der Waals surface area (Å²) in [6.07, 6.45) is 7.06. The lowest BCUT2D eigenvalue weighted by Gasteiger charge is -2.30. The highest BCUT2D eigenvalue weighted by Gasteiger charge is 2.18. The lowest BCUT2D eigenvalue weighted by atomic mass is 9.94. The van der Waals surface area contributed by atoms with Crippen LogP contribution in [0.4, 0.5) is 0 Å². The Labute approximate surface area is 122 Å². The van der Waals surface area contributed by atoms with Crippen LogP contribution in [0, 0.1) is 0 Å². The Bertz CT molecular complexity index is 367. The third-order valence-electron chi connectivity index (χ3n) is 4.01. The predicted molar refractivity (Wildman–Crippen MR) is 84.6 cm³/mol. The molecule has 0 radical (unpaired) electrons. The van der Waals surface area contributed by atoms with Crippen molar-refractivity contribution in [1.29, 1.82) is 0 Å². The Morgan fingerprint density at radius 3 is 2.58 bits per heavy atom. The minimum Gasteiger partial charge on any atom is -0.310 e. The van der Waals surface area contributed by atoms with Gasteiger partial charge in [0.1, 0.15) is 0 Å². The molecule has 1 aliphatic rings. The average Bonchev–Trinajstić information content (AvgIpc) is 2.85. The number of nitrogens with one attached hydrogen (secondary N) is 1. The van der Waals surface area contributed by atoms with Crippen LogP contribution in [-0.4, -0.2) is 24.0 Å². The van der Waals surface area contributed by atoms with Crippen molar-refractivity contribution in [2.45, 2.75) is 71.1 Å². The van der Waals surface area contributed by atoms with Crippen LogP contribution in [0.1, 0.15) is 55.7 Å². The summed E-state index contributed by atoms with van der Waals surface area (Å²) in [6, 6.07) is 5.97. The normalized spacial score (nSPS) is 17.5. The van der Waals surface area contributed by atoms with Crippen molar-refractivity contribution in [2.75, 3.05) is 7.05 Å². The molecule has 0 unspecified atom stereocenters. The molecular formula is C16H28N2S. The number of hydrogen-bond donors (Lipinski definition) is 1. The van der Waals surface area contributed by atoms with Gasteiger partial charge in [0, 0.05) is 34.9 Å². The summed E-state index contributed by atoms with van der Waals surface area (Å²) >= 11 is 1.96. The fraction of sp³-hybridized carbons (Fsp3) is 0.750. The summed E-state index contributed by atoms with van der Waals surface area (Å²) in [5.74, 6) is 0. The van der Waals surface area contributed by atoms with Crippen molar-refractivity contribution in [3.8, 4) is 0 Å². The van der Waals surface area contributed by atoms with Gasteiger partial charge >= 0.3 is 0 Å². The van der Waals surface area contributed by atoms with E-state index in [2.05, 4.69) is 43.2 Å². The molecule has 19 heavy (non-hydrogen) atoms. The van der Waals surface area contributed by atoms with Gasteiger partial charge in [0.15, 0.2) is 0 Å². The number of rotatable bonds is 6. The first-order valence-electron chi connectivity index (χ1n) is 7.66. The fourth-order valence-corrected chi connectivity index (χ4v) is 3.84. The monoisotopic (exact) mass is 280 g/mol. The first kappa shape index (κ1) is 15.0. The summed E-state index contributed by atoms with van der Waals surface area (Å²) in [4.78, 5) is 5.53. The highest BCUT2D eigenvalue weighted by atomic mass is 32.1. The number of hydrogen-bond acceptors (Lipinski definition) is 3. The van der Waals surface area contributed by atoms with E-state index < -0.39 is 0 Å². The predicted octanol–water partition coefficient (Wildman–Crippen LogP) is 4.01. The van der Waals surface area contributed by atoms with Gasteiger partial charge in [-0.15, -0.1) is 11.3 Å². The van der Waals surface area contributed by atoms with Gasteiger partial charge in [-0.1, -0.05) is 33.1 Å². The molecule has 108 valence electrons. The third-order valence-corrected chi connectivity index (χ3v) is 5.08. The molecule has 1 heterocycles. The molecule has 0 aromatic carbocycles. The van der Waals surface area contributed by atoms with Gasteiger partial charge in [-0.25, -0.2) is 0 Å². The highest BCUT2D eigenvalue weighted by Crippen LogP contribution is 2.25. The van der Waals surface area contributed by atoms with Gasteiger partial charge in [-0.3, -0.25) is 4.90 Å². The lowest BCUT2D eigenvalue weighted by molar-refractivity contribution is 0.186. The van der Waals surface area contributed by atoms with Gasteiger partial charge in [-0.05, 0) is 32.0 Å². The second-order valence-corrected chi connectivity index (χ2v) is 7.36. The molecule has 1 aromatic rings. The Morgan fingerprint density at radius 1 is 1.21 bits per heavy atom. The molecule has 0 atom stereocenters. The van der Waals surface area contributed by atoms with Gasteiger partial charge in [-0.2, -0.15) is 0 Å². The number of nitrogens with zero attached hydrogens (tertiary/aromatic N) is 1. The van der Waals surface area contributed by atoms with E-state index in [1.165, 1.54) is 41.9 Å².